The van der Waals surface area contributed by atoms with E-state index in [0.29, 0.717) is 5.69 Å². The fourth-order valence-electron chi connectivity index (χ4n) is 1.17. The molecule has 1 aromatic heterocycles. The van der Waals surface area contributed by atoms with Crippen LogP contribution >= 0.6 is 0 Å². The number of ether oxygens (including phenoxy) is 1. The number of hydrogen-bond acceptors (Lipinski definition) is 5. The fourth-order valence-corrected chi connectivity index (χ4v) is 1.17. The van der Waals surface area contributed by atoms with Gasteiger partial charge in [-0.3, -0.25) is 14.8 Å². The largest absolute Gasteiger partial charge is 0.475 e. The molecule has 0 saturated carbocycles. The molecular weight excluding hydrogens is 190 g/mol. The van der Waals surface area contributed by atoms with E-state index in [2.05, 4.69) is 5.10 Å². The predicted octanol–water partition coefficient (Wildman–Crippen LogP) is 0.101. The summed E-state index contributed by atoms with van der Waals surface area (Å²) in [6.07, 6.45) is 0. The van der Waals surface area contributed by atoms with E-state index in [-0.39, 0.29) is 24.7 Å². The maximum atomic E-state index is 10.6. The van der Waals surface area contributed by atoms with Gasteiger partial charge in [0.2, 0.25) is 0 Å². The summed E-state index contributed by atoms with van der Waals surface area (Å²) in [5.74, 6) is -0.0269. The third-order valence-electron chi connectivity index (χ3n) is 1.83. The topological polar surface area (TPSA) is 90.4 Å². The van der Waals surface area contributed by atoms with Crippen LogP contribution in [0.15, 0.2) is 0 Å². The molecule has 0 saturated heterocycles. The van der Waals surface area contributed by atoms with Crippen LogP contribution in [0.1, 0.15) is 5.69 Å². The van der Waals surface area contributed by atoms with Gasteiger partial charge in [-0.2, -0.15) is 0 Å². The fraction of sp³-hybridized carbons (Fsp3) is 0.571. The number of hydrogen-bond donors (Lipinski definition) is 1. The van der Waals surface area contributed by atoms with Gasteiger partial charge >= 0.3 is 11.6 Å². The highest BCUT2D eigenvalue weighted by atomic mass is 16.6. The van der Waals surface area contributed by atoms with Crippen LogP contribution in [0.4, 0.5) is 5.69 Å². The molecule has 0 aliphatic carbocycles. The van der Waals surface area contributed by atoms with Crippen molar-refractivity contribution in [2.45, 2.75) is 13.5 Å². The quantitative estimate of drug-likeness (QED) is 0.551. The molecule has 1 aromatic rings. The van der Waals surface area contributed by atoms with E-state index in [1.54, 1.807) is 6.92 Å². The molecule has 1 N–H and O–H groups in total. The van der Waals surface area contributed by atoms with Crippen molar-refractivity contribution in [1.82, 2.24) is 9.78 Å². The lowest BCUT2D eigenvalue weighted by Crippen LogP contribution is -2.06. The molecule has 0 aliphatic rings. The van der Waals surface area contributed by atoms with E-state index in [1.807, 2.05) is 0 Å². The number of aliphatic hydroxyl groups excluding tert-OH is 1. The first-order chi connectivity index (χ1) is 6.61. The van der Waals surface area contributed by atoms with Crippen LogP contribution in [-0.4, -0.2) is 33.5 Å². The third-order valence-corrected chi connectivity index (χ3v) is 1.83. The van der Waals surface area contributed by atoms with Gasteiger partial charge in [-0.05, 0) is 6.92 Å². The second kappa shape index (κ2) is 4.05. The number of nitro groups is 1. The Kier molecular flexibility index (Phi) is 3.03. The molecule has 1 rings (SSSR count). The number of rotatable bonds is 4. The average molecular weight is 201 g/mol. The minimum atomic E-state index is -0.547. The normalized spacial score (nSPS) is 10.2. The number of nitrogens with zero attached hydrogens (tertiary/aromatic N) is 3. The van der Waals surface area contributed by atoms with Crippen molar-refractivity contribution >= 4 is 5.69 Å². The van der Waals surface area contributed by atoms with E-state index < -0.39 is 4.92 Å². The standard InChI is InChI=1S/C7H11N3O4/c1-5-6(10(12)13)7(14-2)8-9(5)3-4-11/h11H,3-4H2,1-2H3. The van der Waals surface area contributed by atoms with E-state index in [1.165, 1.54) is 11.8 Å². The van der Waals surface area contributed by atoms with Gasteiger partial charge in [0.1, 0.15) is 5.69 Å². The minimum Gasteiger partial charge on any atom is -0.475 e. The summed E-state index contributed by atoms with van der Waals surface area (Å²) < 4.78 is 6.10. The maximum absolute atomic E-state index is 10.6. The van der Waals surface area contributed by atoms with Crippen LogP contribution in [0, 0.1) is 17.0 Å². The monoisotopic (exact) mass is 201 g/mol. The molecule has 1 heterocycles. The molecule has 7 heteroatoms. The lowest BCUT2D eigenvalue weighted by molar-refractivity contribution is -0.386. The Morgan fingerprint density at radius 3 is 2.71 bits per heavy atom. The second-order valence-electron chi connectivity index (χ2n) is 2.65. The zero-order chi connectivity index (χ0) is 10.7. The van der Waals surface area contributed by atoms with Crippen molar-refractivity contribution in [2.24, 2.45) is 0 Å². The average Bonchev–Trinajstić information content (AvgIpc) is 2.44. The molecule has 0 spiro atoms. The van der Waals surface area contributed by atoms with Crippen molar-refractivity contribution in [2.75, 3.05) is 13.7 Å². The zero-order valence-electron chi connectivity index (χ0n) is 7.93. The Balaban J connectivity index is 3.18. The van der Waals surface area contributed by atoms with E-state index in [4.69, 9.17) is 9.84 Å². The van der Waals surface area contributed by atoms with Gasteiger partial charge in [0, 0.05) is 0 Å². The molecule has 0 aliphatic heterocycles. The van der Waals surface area contributed by atoms with Crippen LogP contribution < -0.4 is 4.74 Å². The molecule has 0 atom stereocenters. The summed E-state index contributed by atoms with van der Waals surface area (Å²) in [5, 5.41) is 23.1. The van der Waals surface area contributed by atoms with E-state index in [0.717, 1.165) is 0 Å². The van der Waals surface area contributed by atoms with Crippen molar-refractivity contribution in [3.8, 4) is 5.88 Å². The van der Waals surface area contributed by atoms with Crippen LogP contribution in [-0.2, 0) is 6.54 Å². The van der Waals surface area contributed by atoms with E-state index >= 15 is 0 Å². The minimum absolute atomic E-state index is 0.0269. The van der Waals surface area contributed by atoms with Crippen molar-refractivity contribution in [3.63, 3.8) is 0 Å². The van der Waals surface area contributed by atoms with Gasteiger partial charge < -0.3 is 9.84 Å². The Bertz CT molecular complexity index is 347. The molecule has 78 valence electrons. The number of aromatic nitrogens is 2. The molecule has 14 heavy (non-hydrogen) atoms. The van der Waals surface area contributed by atoms with Crippen LogP contribution in [0.5, 0.6) is 5.88 Å². The van der Waals surface area contributed by atoms with Crippen LogP contribution in [0.3, 0.4) is 0 Å². The van der Waals surface area contributed by atoms with Gasteiger partial charge in [0.25, 0.3) is 0 Å². The Morgan fingerprint density at radius 2 is 2.36 bits per heavy atom. The summed E-state index contributed by atoms with van der Waals surface area (Å²) in [7, 11) is 1.32. The SMILES string of the molecule is COc1nn(CCO)c(C)c1[N+](=O)[O-]. The number of aliphatic hydroxyl groups is 1. The third kappa shape index (κ3) is 1.67. The van der Waals surface area contributed by atoms with Gasteiger partial charge in [-0.15, -0.1) is 5.10 Å². The Labute approximate surface area is 80.1 Å². The summed E-state index contributed by atoms with van der Waals surface area (Å²) in [6.45, 7) is 1.65. The Hall–Kier alpha value is -1.63. The summed E-state index contributed by atoms with van der Waals surface area (Å²) in [5.41, 5.74) is 0.224. The zero-order valence-corrected chi connectivity index (χ0v) is 7.93. The summed E-state index contributed by atoms with van der Waals surface area (Å²) in [6, 6.07) is 0. The molecular formula is C7H11N3O4. The lowest BCUT2D eigenvalue weighted by atomic mass is 10.4. The van der Waals surface area contributed by atoms with Gasteiger partial charge in [-0.25, -0.2) is 0 Å². The first-order valence-corrected chi connectivity index (χ1v) is 3.98. The molecule has 7 nitrogen and oxygen atoms in total. The first kappa shape index (κ1) is 10.5. The molecule has 0 bridgehead atoms. The highest BCUT2D eigenvalue weighted by molar-refractivity contribution is 5.45. The molecule has 0 unspecified atom stereocenters. The van der Waals surface area contributed by atoms with E-state index in [9.17, 15) is 10.1 Å². The van der Waals surface area contributed by atoms with Gasteiger partial charge in [0.05, 0.1) is 25.2 Å². The first-order valence-electron chi connectivity index (χ1n) is 3.98. The van der Waals surface area contributed by atoms with Crippen molar-refractivity contribution < 1.29 is 14.8 Å². The summed E-state index contributed by atoms with van der Waals surface area (Å²) >= 11 is 0. The number of methoxy groups -OCH3 is 1. The van der Waals surface area contributed by atoms with Gasteiger partial charge in [0.15, 0.2) is 0 Å². The van der Waals surface area contributed by atoms with Gasteiger partial charge in [-0.1, -0.05) is 0 Å². The van der Waals surface area contributed by atoms with Crippen LogP contribution in [0.2, 0.25) is 0 Å². The molecule has 0 aromatic carbocycles. The highest BCUT2D eigenvalue weighted by Gasteiger charge is 2.25. The smallest absolute Gasteiger partial charge is 0.352 e. The molecule has 0 fully saturated rings. The second-order valence-corrected chi connectivity index (χ2v) is 2.65. The molecule has 0 amide bonds. The highest BCUT2D eigenvalue weighted by Crippen LogP contribution is 2.28. The van der Waals surface area contributed by atoms with Crippen LogP contribution in [0.25, 0.3) is 0 Å². The maximum Gasteiger partial charge on any atom is 0.352 e. The van der Waals surface area contributed by atoms with Crippen molar-refractivity contribution in [3.05, 3.63) is 15.8 Å². The summed E-state index contributed by atoms with van der Waals surface area (Å²) in [4.78, 5) is 10.1. The molecule has 0 radical (unpaired) electrons. The Morgan fingerprint density at radius 1 is 1.71 bits per heavy atom. The lowest BCUT2D eigenvalue weighted by Gasteiger charge is -1.97. The van der Waals surface area contributed by atoms with Crippen molar-refractivity contribution in [1.29, 1.82) is 0 Å². The predicted molar refractivity (Wildman–Crippen MR) is 47.3 cm³/mol.